The largest absolute Gasteiger partial charge is 0.370 e. The predicted octanol–water partition coefficient (Wildman–Crippen LogP) is 3.37. The molecule has 0 unspecified atom stereocenters. The van der Waals surface area contributed by atoms with Crippen LogP contribution in [0.5, 0.6) is 0 Å². The zero-order chi connectivity index (χ0) is 14.8. The zero-order valence-electron chi connectivity index (χ0n) is 12.6. The first-order valence-corrected chi connectivity index (χ1v) is 8.11. The van der Waals surface area contributed by atoms with Gasteiger partial charge >= 0.3 is 0 Å². The minimum Gasteiger partial charge on any atom is -0.370 e. The highest BCUT2D eigenvalue weighted by Gasteiger charge is 2.14. The molecule has 0 atom stereocenters. The summed E-state index contributed by atoms with van der Waals surface area (Å²) in [5, 5.41) is 3.29. The number of nitrogens with two attached hydrogens (primary N) is 1. The van der Waals surface area contributed by atoms with Crippen LogP contribution in [-0.4, -0.2) is 21.4 Å². The molecule has 22 heavy (non-hydrogen) atoms. The van der Waals surface area contributed by atoms with Crippen LogP contribution in [0, 0.1) is 6.92 Å². The Kier molecular flexibility index (Phi) is 6.08. The van der Waals surface area contributed by atoms with E-state index in [4.69, 9.17) is 5.73 Å². The molecule has 0 spiro atoms. The molecule has 1 fully saturated rings. The average molecular weight is 478 g/mol. The van der Waals surface area contributed by atoms with Crippen LogP contribution in [0.4, 0.5) is 0 Å². The molecule has 0 amide bonds. The van der Waals surface area contributed by atoms with Crippen LogP contribution in [-0.2, 0) is 6.54 Å². The summed E-state index contributed by atoms with van der Waals surface area (Å²) in [6, 6.07) is 2.55. The second kappa shape index (κ2) is 7.63. The summed E-state index contributed by atoms with van der Waals surface area (Å²) in [6.45, 7) is 2.56. The summed E-state index contributed by atoms with van der Waals surface area (Å²) < 4.78 is 3.06. The molecular weight excluding hydrogens is 457 g/mol. The monoisotopic (exact) mass is 477 g/mol. The molecule has 1 aliphatic rings. The Bertz CT molecular complexity index is 676. The standard InChI is InChI=1S/C15H20BrN5.HI/c1-10-6-11(16)8-21-9-13(19-14(10)21)7-18-15(17)20-12-4-2-3-5-12;/h6,8-9,12H,2-5,7H2,1H3,(H3,17,18,20);1H. The van der Waals surface area contributed by atoms with Crippen molar-refractivity contribution in [3.8, 4) is 0 Å². The molecule has 7 heteroatoms. The number of nitrogens with one attached hydrogen (secondary N) is 1. The van der Waals surface area contributed by atoms with Gasteiger partial charge in [-0.15, -0.1) is 24.0 Å². The number of imidazole rings is 1. The van der Waals surface area contributed by atoms with Crippen LogP contribution in [0.3, 0.4) is 0 Å². The number of fused-ring (bicyclic) bond motifs is 1. The van der Waals surface area contributed by atoms with E-state index in [1.165, 1.54) is 25.7 Å². The van der Waals surface area contributed by atoms with Gasteiger partial charge in [-0.1, -0.05) is 12.8 Å². The first-order valence-electron chi connectivity index (χ1n) is 7.32. The lowest BCUT2D eigenvalue weighted by Crippen LogP contribution is -2.38. The van der Waals surface area contributed by atoms with Gasteiger partial charge in [-0.05, 0) is 47.3 Å². The second-order valence-corrected chi connectivity index (χ2v) is 6.55. The molecule has 0 saturated heterocycles. The number of guanidine groups is 1. The van der Waals surface area contributed by atoms with E-state index in [-0.39, 0.29) is 24.0 Å². The van der Waals surface area contributed by atoms with Crippen molar-refractivity contribution in [3.05, 3.63) is 34.2 Å². The Hall–Kier alpha value is -0.830. The minimum absolute atomic E-state index is 0. The second-order valence-electron chi connectivity index (χ2n) is 5.63. The molecule has 5 nitrogen and oxygen atoms in total. The number of aryl methyl sites for hydroxylation is 1. The van der Waals surface area contributed by atoms with E-state index >= 15 is 0 Å². The Balaban J connectivity index is 0.00000176. The summed E-state index contributed by atoms with van der Waals surface area (Å²) in [5.41, 5.74) is 8.97. The molecule has 2 heterocycles. The predicted molar refractivity (Wildman–Crippen MR) is 104 cm³/mol. The van der Waals surface area contributed by atoms with Gasteiger partial charge in [0.05, 0.1) is 12.2 Å². The van der Waals surface area contributed by atoms with Crippen LogP contribution in [0.25, 0.3) is 5.65 Å². The summed E-state index contributed by atoms with van der Waals surface area (Å²) in [7, 11) is 0. The molecule has 1 aliphatic carbocycles. The Labute approximate surface area is 155 Å². The first-order chi connectivity index (χ1) is 10.1. The van der Waals surface area contributed by atoms with Crippen molar-refractivity contribution in [2.45, 2.75) is 45.2 Å². The third-order valence-electron chi connectivity index (χ3n) is 3.87. The van der Waals surface area contributed by atoms with Crippen molar-refractivity contribution < 1.29 is 0 Å². The maximum atomic E-state index is 5.95. The molecular formula is C15H21BrIN5. The highest BCUT2D eigenvalue weighted by Crippen LogP contribution is 2.18. The van der Waals surface area contributed by atoms with Gasteiger partial charge in [0.2, 0.25) is 0 Å². The van der Waals surface area contributed by atoms with Crippen molar-refractivity contribution in [3.63, 3.8) is 0 Å². The summed E-state index contributed by atoms with van der Waals surface area (Å²) in [5.74, 6) is 0.525. The number of aromatic nitrogens is 2. The van der Waals surface area contributed by atoms with Crippen LogP contribution >= 0.6 is 39.9 Å². The van der Waals surface area contributed by atoms with Gasteiger partial charge in [-0.2, -0.15) is 0 Å². The molecule has 1 saturated carbocycles. The van der Waals surface area contributed by atoms with Crippen molar-refractivity contribution in [2.24, 2.45) is 10.7 Å². The highest BCUT2D eigenvalue weighted by atomic mass is 127. The number of pyridine rings is 1. The van der Waals surface area contributed by atoms with Crippen LogP contribution in [0.2, 0.25) is 0 Å². The SMILES string of the molecule is Cc1cc(Br)cn2cc(CN=C(N)NC3CCCC3)nc12.I. The van der Waals surface area contributed by atoms with Crippen molar-refractivity contribution in [2.75, 3.05) is 0 Å². The van der Waals surface area contributed by atoms with Gasteiger partial charge in [-0.3, -0.25) is 0 Å². The molecule has 2 aromatic rings. The van der Waals surface area contributed by atoms with Gasteiger partial charge < -0.3 is 15.5 Å². The molecule has 0 aromatic carbocycles. The summed E-state index contributed by atoms with van der Waals surface area (Å²) >= 11 is 3.50. The summed E-state index contributed by atoms with van der Waals surface area (Å²) in [6.07, 6.45) is 8.95. The van der Waals surface area contributed by atoms with E-state index in [0.29, 0.717) is 18.5 Å². The number of halogens is 2. The van der Waals surface area contributed by atoms with Crippen molar-refractivity contribution >= 4 is 51.5 Å². The molecule has 2 aromatic heterocycles. The van der Waals surface area contributed by atoms with Crippen molar-refractivity contribution in [1.29, 1.82) is 0 Å². The lowest BCUT2D eigenvalue weighted by molar-refractivity contribution is 0.625. The third kappa shape index (κ3) is 4.13. The van der Waals surface area contributed by atoms with Gasteiger partial charge in [0.15, 0.2) is 5.96 Å². The smallest absolute Gasteiger partial charge is 0.189 e. The summed E-state index contributed by atoms with van der Waals surface area (Å²) in [4.78, 5) is 9.01. The molecule has 120 valence electrons. The van der Waals surface area contributed by atoms with Gasteiger partial charge in [0.1, 0.15) is 5.65 Å². The van der Waals surface area contributed by atoms with Crippen molar-refractivity contribution in [1.82, 2.24) is 14.7 Å². The van der Waals surface area contributed by atoms with E-state index in [0.717, 1.165) is 21.4 Å². The Morgan fingerprint density at radius 1 is 1.45 bits per heavy atom. The maximum Gasteiger partial charge on any atom is 0.189 e. The van der Waals surface area contributed by atoms with E-state index in [1.807, 2.05) is 16.8 Å². The fourth-order valence-corrected chi connectivity index (χ4v) is 3.41. The van der Waals surface area contributed by atoms with Gasteiger partial charge in [0, 0.05) is 22.9 Å². The molecule has 0 bridgehead atoms. The Morgan fingerprint density at radius 3 is 2.91 bits per heavy atom. The minimum atomic E-state index is 0. The Morgan fingerprint density at radius 2 is 2.18 bits per heavy atom. The van der Waals surface area contributed by atoms with Crippen LogP contribution in [0.15, 0.2) is 27.9 Å². The first kappa shape index (κ1) is 17.5. The van der Waals surface area contributed by atoms with E-state index in [1.54, 1.807) is 0 Å². The number of nitrogens with zero attached hydrogens (tertiary/aromatic N) is 3. The van der Waals surface area contributed by atoms with E-state index < -0.39 is 0 Å². The fraction of sp³-hybridized carbons (Fsp3) is 0.467. The van der Waals surface area contributed by atoms with Crippen LogP contribution in [0.1, 0.15) is 36.9 Å². The highest BCUT2D eigenvalue weighted by molar-refractivity contribution is 14.0. The number of hydrogen-bond donors (Lipinski definition) is 2. The molecule has 3 rings (SSSR count). The number of rotatable bonds is 3. The lowest BCUT2D eigenvalue weighted by atomic mass is 10.2. The average Bonchev–Trinajstić information content (AvgIpc) is 3.05. The third-order valence-corrected chi connectivity index (χ3v) is 4.30. The number of aliphatic imine (C=N–C) groups is 1. The molecule has 0 aliphatic heterocycles. The maximum absolute atomic E-state index is 5.95. The number of hydrogen-bond acceptors (Lipinski definition) is 2. The van der Waals surface area contributed by atoms with E-state index in [9.17, 15) is 0 Å². The molecule has 0 radical (unpaired) electrons. The normalized spacial score (nSPS) is 16.0. The molecule has 3 N–H and O–H groups in total. The van der Waals surface area contributed by atoms with Crippen LogP contribution < -0.4 is 11.1 Å². The topological polar surface area (TPSA) is 67.7 Å². The zero-order valence-corrected chi connectivity index (χ0v) is 16.5. The van der Waals surface area contributed by atoms with Gasteiger partial charge in [-0.25, -0.2) is 9.98 Å². The fourth-order valence-electron chi connectivity index (χ4n) is 2.84. The van der Waals surface area contributed by atoms with Gasteiger partial charge in [0.25, 0.3) is 0 Å². The lowest BCUT2D eigenvalue weighted by Gasteiger charge is -2.11. The van der Waals surface area contributed by atoms with E-state index in [2.05, 4.69) is 44.2 Å². The quantitative estimate of drug-likeness (QED) is 0.404.